The van der Waals surface area contributed by atoms with E-state index >= 15 is 0 Å². The first-order chi connectivity index (χ1) is 35.1. The van der Waals surface area contributed by atoms with Crippen LogP contribution in [0.3, 0.4) is 0 Å². The fourth-order valence-corrected chi connectivity index (χ4v) is 9.82. The van der Waals surface area contributed by atoms with Gasteiger partial charge in [0.1, 0.15) is 48.8 Å². The SMILES string of the molecule is CCCCCCC/C=C\CCCCCCCC(=O)NC(COC1OC(CO)C(OC2OC(CO)C(O)C(O)C2O)C(O)C1O)C(O)/C=C/CCCCCCCCCCCCCCCCCCCCCCCC. The van der Waals surface area contributed by atoms with Crippen LogP contribution in [0.2, 0.25) is 0 Å². The van der Waals surface area contributed by atoms with Crippen molar-refractivity contribution in [3.8, 4) is 0 Å². The minimum absolute atomic E-state index is 0.246. The van der Waals surface area contributed by atoms with E-state index in [4.69, 9.17) is 18.9 Å². The van der Waals surface area contributed by atoms with Crippen LogP contribution in [0.4, 0.5) is 0 Å². The summed E-state index contributed by atoms with van der Waals surface area (Å²) in [6.45, 7) is 2.80. The van der Waals surface area contributed by atoms with E-state index in [2.05, 4.69) is 31.3 Å². The van der Waals surface area contributed by atoms with Crippen LogP contribution in [0.5, 0.6) is 0 Å². The molecule has 424 valence electrons. The molecule has 14 heteroatoms. The predicted octanol–water partition coefficient (Wildman–Crippen LogP) is 9.67. The molecule has 2 aliphatic heterocycles. The van der Waals surface area contributed by atoms with Crippen molar-refractivity contribution in [1.29, 1.82) is 0 Å². The lowest BCUT2D eigenvalue weighted by Gasteiger charge is -2.46. The summed E-state index contributed by atoms with van der Waals surface area (Å²) in [6, 6.07) is -0.916. The van der Waals surface area contributed by atoms with Crippen LogP contribution >= 0.6 is 0 Å². The van der Waals surface area contributed by atoms with Crippen molar-refractivity contribution in [3.05, 3.63) is 24.3 Å². The van der Waals surface area contributed by atoms with Gasteiger partial charge in [-0.1, -0.05) is 218 Å². The molecule has 0 aliphatic carbocycles. The number of nitrogens with one attached hydrogen (secondary N) is 1. The van der Waals surface area contributed by atoms with E-state index in [9.17, 15) is 45.6 Å². The third-order valence-electron chi connectivity index (χ3n) is 14.6. The van der Waals surface area contributed by atoms with Crippen molar-refractivity contribution in [3.63, 3.8) is 0 Å². The Kier molecular flexibility index (Phi) is 41.2. The van der Waals surface area contributed by atoms with Gasteiger partial charge in [0.15, 0.2) is 12.6 Å². The Balaban J connectivity index is 1.76. The summed E-state index contributed by atoms with van der Waals surface area (Å²) < 4.78 is 22.8. The van der Waals surface area contributed by atoms with Crippen LogP contribution < -0.4 is 5.32 Å². The smallest absolute Gasteiger partial charge is 0.220 e. The summed E-state index contributed by atoms with van der Waals surface area (Å²) in [6.07, 6.45) is 35.1. The van der Waals surface area contributed by atoms with E-state index in [1.807, 2.05) is 6.08 Å². The number of allylic oxidation sites excluding steroid dienone is 3. The van der Waals surface area contributed by atoms with Crippen molar-refractivity contribution in [2.45, 2.75) is 319 Å². The topological polar surface area (TPSA) is 228 Å². The molecule has 2 saturated heterocycles. The molecule has 9 N–H and O–H groups in total. The summed E-state index contributed by atoms with van der Waals surface area (Å²) in [5, 5.41) is 87.0. The molecule has 0 aromatic carbocycles. The van der Waals surface area contributed by atoms with Crippen LogP contribution in [0, 0.1) is 0 Å². The number of aliphatic hydroxyl groups excluding tert-OH is 8. The van der Waals surface area contributed by atoms with Crippen LogP contribution in [0.15, 0.2) is 24.3 Å². The average molecular weight is 1030 g/mol. The lowest BCUT2D eigenvalue weighted by Crippen LogP contribution is -2.65. The average Bonchev–Trinajstić information content (AvgIpc) is 3.38. The number of hydrogen-bond acceptors (Lipinski definition) is 13. The molecular weight excluding hydrogens is 919 g/mol. The maximum Gasteiger partial charge on any atom is 0.220 e. The normalized spacial score (nSPS) is 25.7. The van der Waals surface area contributed by atoms with E-state index in [1.165, 1.54) is 161 Å². The van der Waals surface area contributed by atoms with Gasteiger partial charge >= 0.3 is 0 Å². The number of ether oxygens (including phenoxy) is 4. The van der Waals surface area contributed by atoms with E-state index in [-0.39, 0.29) is 18.9 Å². The first-order valence-electron chi connectivity index (χ1n) is 29.6. The van der Waals surface area contributed by atoms with Gasteiger partial charge < -0.3 is 65.1 Å². The number of carbonyl (C=O) groups is 1. The van der Waals surface area contributed by atoms with Crippen molar-refractivity contribution in [2.24, 2.45) is 0 Å². The zero-order valence-electron chi connectivity index (χ0n) is 45.4. The Morgan fingerprint density at radius 1 is 0.486 bits per heavy atom. The van der Waals surface area contributed by atoms with Gasteiger partial charge in [-0.15, -0.1) is 0 Å². The molecule has 2 heterocycles. The molecule has 2 aliphatic rings. The number of aliphatic hydroxyl groups is 8. The molecule has 0 saturated carbocycles. The highest BCUT2D eigenvalue weighted by atomic mass is 16.7. The molecular formula is C58H109NO13. The molecule has 0 aromatic heterocycles. The Labute approximate surface area is 437 Å². The second kappa shape index (κ2) is 44.6. The summed E-state index contributed by atoms with van der Waals surface area (Å²) in [5.41, 5.74) is 0. The number of hydrogen-bond donors (Lipinski definition) is 9. The van der Waals surface area contributed by atoms with Gasteiger partial charge in [-0.3, -0.25) is 4.79 Å². The van der Waals surface area contributed by atoms with E-state index in [0.29, 0.717) is 6.42 Å². The van der Waals surface area contributed by atoms with E-state index in [1.54, 1.807) is 6.08 Å². The van der Waals surface area contributed by atoms with Gasteiger partial charge in [0.05, 0.1) is 32.0 Å². The zero-order chi connectivity index (χ0) is 52.4. The van der Waals surface area contributed by atoms with Crippen LogP contribution in [0.25, 0.3) is 0 Å². The predicted molar refractivity (Wildman–Crippen MR) is 286 cm³/mol. The van der Waals surface area contributed by atoms with Crippen molar-refractivity contribution in [2.75, 3.05) is 19.8 Å². The van der Waals surface area contributed by atoms with Gasteiger partial charge in [-0.2, -0.15) is 0 Å². The standard InChI is InChI=1S/C58H109NO13/c1-3-5-7-9-11-13-15-17-19-20-21-22-23-24-25-26-27-28-29-31-33-35-37-39-41-47(62)46(59-50(63)42-40-38-36-34-32-30-18-16-14-12-10-8-6-4-2)45-69-57-55(68)53(66)56(49(44-61)71-57)72-58-54(67)52(65)51(64)48(43-60)70-58/h16,18,39,41,46-49,51-58,60-62,64-68H,3-15,17,19-38,40,42-45H2,1-2H3,(H,59,63)/b18-16-,41-39+. The number of rotatable bonds is 47. The highest BCUT2D eigenvalue weighted by Gasteiger charge is 2.51. The first-order valence-corrected chi connectivity index (χ1v) is 29.6. The molecule has 2 rings (SSSR count). The molecule has 0 bridgehead atoms. The largest absolute Gasteiger partial charge is 0.394 e. The van der Waals surface area contributed by atoms with E-state index < -0.39 is 86.8 Å². The van der Waals surface area contributed by atoms with Gasteiger partial charge in [0, 0.05) is 6.42 Å². The lowest BCUT2D eigenvalue weighted by atomic mass is 9.97. The van der Waals surface area contributed by atoms with Crippen molar-refractivity contribution >= 4 is 5.91 Å². The minimum Gasteiger partial charge on any atom is -0.394 e. The van der Waals surface area contributed by atoms with Crippen molar-refractivity contribution in [1.82, 2.24) is 5.32 Å². The molecule has 2 fully saturated rings. The Morgan fingerprint density at radius 2 is 0.875 bits per heavy atom. The number of carbonyl (C=O) groups excluding carboxylic acids is 1. The lowest BCUT2D eigenvalue weighted by molar-refractivity contribution is -0.359. The number of amides is 1. The molecule has 12 atom stereocenters. The Bertz CT molecular complexity index is 1300. The van der Waals surface area contributed by atoms with Crippen molar-refractivity contribution < 1.29 is 64.6 Å². The third kappa shape index (κ3) is 30.3. The maximum absolute atomic E-state index is 13.2. The molecule has 14 nitrogen and oxygen atoms in total. The monoisotopic (exact) mass is 1030 g/mol. The summed E-state index contributed by atoms with van der Waals surface area (Å²) in [7, 11) is 0. The molecule has 0 spiro atoms. The van der Waals surface area contributed by atoms with Gasteiger partial charge in [0.2, 0.25) is 5.91 Å². The minimum atomic E-state index is -1.79. The zero-order valence-corrected chi connectivity index (χ0v) is 45.4. The summed E-state index contributed by atoms with van der Waals surface area (Å²) in [4.78, 5) is 13.2. The maximum atomic E-state index is 13.2. The van der Waals surface area contributed by atoms with Crippen LogP contribution in [0.1, 0.15) is 245 Å². The van der Waals surface area contributed by atoms with E-state index in [0.717, 1.165) is 57.8 Å². The quantitative estimate of drug-likeness (QED) is 0.0205. The van der Waals surface area contributed by atoms with Crippen LogP contribution in [-0.2, 0) is 23.7 Å². The summed E-state index contributed by atoms with van der Waals surface area (Å²) >= 11 is 0. The fraction of sp³-hybridized carbons (Fsp3) is 0.914. The molecule has 1 amide bonds. The number of unbranched alkanes of at least 4 members (excludes halogenated alkanes) is 32. The van der Waals surface area contributed by atoms with Gasteiger partial charge in [-0.05, 0) is 44.9 Å². The third-order valence-corrected chi connectivity index (χ3v) is 14.6. The van der Waals surface area contributed by atoms with Gasteiger partial charge in [0.25, 0.3) is 0 Å². The second-order valence-corrected chi connectivity index (χ2v) is 21.1. The highest BCUT2D eigenvalue weighted by Crippen LogP contribution is 2.30. The van der Waals surface area contributed by atoms with Gasteiger partial charge in [-0.25, -0.2) is 0 Å². The second-order valence-electron chi connectivity index (χ2n) is 21.1. The highest BCUT2D eigenvalue weighted by molar-refractivity contribution is 5.76. The van der Waals surface area contributed by atoms with Crippen LogP contribution in [-0.4, -0.2) is 140 Å². The Hall–Kier alpha value is -1.53. The fourth-order valence-electron chi connectivity index (χ4n) is 9.82. The molecule has 0 radical (unpaired) electrons. The Morgan fingerprint density at radius 3 is 1.32 bits per heavy atom. The molecule has 12 unspecified atom stereocenters. The molecule has 72 heavy (non-hydrogen) atoms. The first kappa shape index (κ1) is 66.6. The summed E-state index contributed by atoms with van der Waals surface area (Å²) in [5.74, 6) is -0.246. The molecule has 0 aromatic rings.